The fourth-order valence-electron chi connectivity index (χ4n) is 4.04. The Morgan fingerprint density at radius 2 is 1.97 bits per heavy atom. The fourth-order valence-corrected chi connectivity index (χ4v) is 4.88. The molecule has 3 aromatic heterocycles. The summed E-state index contributed by atoms with van der Waals surface area (Å²) < 4.78 is 16.5. The number of ether oxygens (including phenoxy) is 2. The Hall–Kier alpha value is -4.19. The number of nitrogens with zero attached hydrogens (tertiary/aromatic N) is 5. The molecule has 1 aliphatic rings. The molecule has 0 saturated heterocycles. The summed E-state index contributed by atoms with van der Waals surface area (Å²) in [4.78, 5) is 30.9. The van der Waals surface area contributed by atoms with Crippen LogP contribution in [0.2, 0.25) is 0 Å². The van der Waals surface area contributed by atoms with Crippen LogP contribution in [0.5, 0.6) is 11.5 Å². The highest BCUT2D eigenvalue weighted by atomic mass is 32.1. The second kappa shape index (κ2) is 10.3. The van der Waals surface area contributed by atoms with Crippen LogP contribution < -0.4 is 14.8 Å². The molecule has 0 spiro atoms. The summed E-state index contributed by atoms with van der Waals surface area (Å²) in [6.07, 6.45) is 0. The molecule has 0 fully saturated rings. The van der Waals surface area contributed by atoms with Gasteiger partial charge in [-0.3, -0.25) is 9.59 Å². The number of rotatable bonds is 8. The van der Waals surface area contributed by atoms with Crippen LogP contribution in [-0.4, -0.2) is 49.3 Å². The number of carbonyl (C=O) groups is 2. The highest BCUT2D eigenvalue weighted by molar-refractivity contribution is 7.10. The average molecular weight is 537 g/mol. The number of amides is 2. The Bertz CT molecular complexity index is 1440. The Labute approximate surface area is 223 Å². The number of benzene rings is 1. The molecule has 1 aromatic carbocycles. The number of hydrogen-bond acceptors (Lipinski definition) is 9. The zero-order chi connectivity index (χ0) is 26.9. The van der Waals surface area contributed by atoms with Gasteiger partial charge in [0.2, 0.25) is 24.4 Å². The quantitative estimate of drug-likeness (QED) is 0.361. The predicted molar refractivity (Wildman–Crippen MR) is 138 cm³/mol. The van der Waals surface area contributed by atoms with Gasteiger partial charge in [0.1, 0.15) is 18.3 Å². The third-order valence-electron chi connectivity index (χ3n) is 5.67. The minimum absolute atomic E-state index is 0.142. The molecule has 1 atom stereocenters. The predicted octanol–water partition coefficient (Wildman–Crippen LogP) is 3.72. The minimum Gasteiger partial charge on any atom is -0.458 e. The molecule has 4 heterocycles. The van der Waals surface area contributed by atoms with Crippen LogP contribution in [0, 0.1) is 6.92 Å². The third-order valence-corrected chi connectivity index (χ3v) is 6.60. The number of aromatic nitrogens is 4. The second-order valence-corrected chi connectivity index (χ2v) is 10.9. The van der Waals surface area contributed by atoms with E-state index in [1.807, 2.05) is 57.3 Å². The van der Waals surface area contributed by atoms with Crippen molar-refractivity contribution >= 4 is 23.2 Å². The third kappa shape index (κ3) is 5.70. The number of aryl methyl sites for hydroxylation is 1. The van der Waals surface area contributed by atoms with E-state index in [9.17, 15) is 9.59 Å². The van der Waals surface area contributed by atoms with Crippen molar-refractivity contribution in [2.75, 3.05) is 6.79 Å². The topological polar surface area (TPSA) is 125 Å². The van der Waals surface area contributed by atoms with Crippen LogP contribution >= 0.6 is 11.3 Å². The van der Waals surface area contributed by atoms with Gasteiger partial charge in [-0.25, -0.2) is 0 Å². The second-order valence-electron chi connectivity index (χ2n) is 9.92. The molecule has 198 valence electrons. The first-order chi connectivity index (χ1) is 18.2. The van der Waals surface area contributed by atoms with Crippen molar-refractivity contribution in [3.63, 3.8) is 0 Å². The van der Waals surface area contributed by atoms with Crippen LogP contribution in [0.4, 0.5) is 0 Å². The Balaban J connectivity index is 1.47. The number of nitrogens with one attached hydrogen (secondary N) is 1. The standard InChI is InChI=1S/C26H28N6O5S/c1-16-7-9-19(37-16)24-28-30-32(29-24)14-22(33)31(13-17-8-10-18-20(12-17)36-15-35-18)23(21-6-5-11-38-21)25(34)27-26(2,3)4/h5-12,23H,13-15H2,1-4H3,(H,27,34)/t23-/m1/s1. The molecule has 12 heteroatoms. The smallest absolute Gasteiger partial charge is 0.248 e. The molecular weight excluding hydrogens is 508 g/mol. The lowest BCUT2D eigenvalue weighted by Crippen LogP contribution is -2.49. The van der Waals surface area contributed by atoms with Crippen LogP contribution in [0.3, 0.4) is 0 Å². The maximum Gasteiger partial charge on any atom is 0.248 e. The van der Waals surface area contributed by atoms with E-state index in [0.717, 1.165) is 10.4 Å². The molecule has 0 radical (unpaired) electrons. The van der Waals surface area contributed by atoms with Gasteiger partial charge in [-0.05, 0) is 74.2 Å². The van der Waals surface area contributed by atoms with Crippen LogP contribution in [0.1, 0.15) is 43.0 Å². The molecule has 5 rings (SSSR count). The molecule has 0 bridgehead atoms. The number of thiophene rings is 1. The molecule has 0 saturated carbocycles. The minimum atomic E-state index is -0.872. The van der Waals surface area contributed by atoms with E-state index < -0.39 is 11.6 Å². The lowest BCUT2D eigenvalue weighted by atomic mass is 10.1. The Morgan fingerprint density at radius 1 is 1.16 bits per heavy atom. The van der Waals surface area contributed by atoms with E-state index in [1.165, 1.54) is 21.0 Å². The lowest BCUT2D eigenvalue weighted by Gasteiger charge is -2.33. The van der Waals surface area contributed by atoms with Crippen LogP contribution in [0.15, 0.2) is 52.3 Å². The van der Waals surface area contributed by atoms with Gasteiger partial charge in [-0.15, -0.1) is 21.5 Å². The van der Waals surface area contributed by atoms with Crippen molar-refractivity contribution in [1.82, 2.24) is 30.4 Å². The van der Waals surface area contributed by atoms with Crippen molar-refractivity contribution in [3.05, 3.63) is 64.0 Å². The van der Waals surface area contributed by atoms with Gasteiger partial charge >= 0.3 is 0 Å². The maximum absolute atomic E-state index is 13.8. The summed E-state index contributed by atoms with van der Waals surface area (Å²) in [7, 11) is 0. The van der Waals surface area contributed by atoms with Gasteiger partial charge in [0.15, 0.2) is 17.3 Å². The Kier molecular flexibility index (Phi) is 6.89. The van der Waals surface area contributed by atoms with E-state index in [0.29, 0.717) is 23.0 Å². The summed E-state index contributed by atoms with van der Waals surface area (Å²) in [5, 5.41) is 17.3. The van der Waals surface area contributed by atoms with Gasteiger partial charge in [0, 0.05) is 17.0 Å². The highest BCUT2D eigenvalue weighted by Gasteiger charge is 2.34. The SMILES string of the molecule is Cc1ccc(-c2nnn(CC(=O)N(Cc3ccc4c(c3)OCO4)[C@@H](C(=O)NC(C)(C)C)c3cccs3)n2)o1. The number of fused-ring (bicyclic) bond motifs is 1. The molecular formula is C26H28N6O5S. The number of furan rings is 1. The first-order valence-electron chi connectivity index (χ1n) is 12.0. The van der Waals surface area contributed by atoms with E-state index in [1.54, 1.807) is 18.2 Å². The molecule has 38 heavy (non-hydrogen) atoms. The lowest BCUT2D eigenvalue weighted by molar-refractivity contribution is -0.143. The first-order valence-corrected chi connectivity index (χ1v) is 12.9. The van der Waals surface area contributed by atoms with Gasteiger partial charge in [-0.2, -0.15) is 4.80 Å². The summed E-state index contributed by atoms with van der Waals surface area (Å²) in [6.45, 7) is 7.59. The summed E-state index contributed by atoms with van der Waals surface area (Å²) in [6, 6.07) is 11.9. The van der Waals surface area contributed by atoms with Crippen molar-refractivity contribution < 1.29 is 23.5 Å². The summed E-state index contributed by atoms with van der Waals surface area (Å²) >= 11 is 1.41. The molecule has 0 aliphatic carbocycles. The van der Waals surface area contributed by atoms with E-state index in [2.05, 4.69) is 20.7 Å². The summed E-state index contributed by atoms with van der Waals surface area (Å²) in [5.41, 5.74) is 0.287. The molecule has 1 N–H and O–H groups in total. The van der Waals surface area contributed by atoms with Crippen molar-refractivity contribution in [2.45, 2.75) is 52.4 Å². The van der Waals surface area contributed by atoms with Gasteiger partial charge in [0.05, 0.1) is 0 Å². The van der Waals surface area contributed by atoms with E-state index in [4.69, 9.17) is 13.9 Å². The number of hydrogen-bond donors (Lipinski definition) is 1. The van der Waals surface area contributed by atoms with E-state index >= 15 is 0 Å². The number of carbonyl (C=O) groups excluding carboxylic acids is 2. The van der Waals surface area contributed by atoms with Crippen LogP contribution in [-0.2, 0) is 22.7 Å². The maximum atomic E-state index is 13.8. The molecule has 2 amide bonds. The normalized spacial score (nSPS) is 13.4. The molecule has 11 nitrogen and oxygen atoms in total. The molecule has 0 unspecified atom stereocenters. The zero-order valence-electron chi connectivity index (χ0n) is 21.5. The Morgan fingerprint density at radius 3 is 2.68 bits per heavy atom. The largest absolute Gasteiger partial charge is 0.458 e. The monoisotopic (exact) mass is 536 g/mol. The average Bonchev–Trinajstić information content (AvgIpc) is 3.65. The fraction of sp³-hybridized carbons (Fsp3) is 0.346. The van der Waals surface area contributed by atoms with Gasteiger partial charge in [0.25, 0.3) is 0 Å². The molecule has 4 aromatic rings. The van der Waals surface area contributed by atoms with Gasteiger partial charge < -0.3 is 24.1 Å². The van der Waals surface area contributed by atoms with Crippen molar-refractivity contribution in [2.24, 2.45) is 0 Å². The van der Waals surface area contributed by atoms with Crippen molar-refractivity contribution in [1.29, 1.82) is 0 Å². The number of tetrazole rings is 1. The first kappa shape index (κ1) is 25.5. The van der Waals surface area contributed by atoms with Gasteiger partial charge in [-0.1, -0.05) is 12.1 Å². The summed E-state index contributed by atoms with van der Waals surface area (Å²) in [5.74, 6) is 2.04. The zero-order valence-corrected chi connectivity index (χ0v) is 22.3. The van der Waals surface area contributed by atoms with Crippen molar-refractivity contribution in [3.8, 4) is 23.1 Å². The molecule has 1 aliphatic heterocycles. The highest BCUT2D eigenvalue weighted by Crippen LogP contribution is 2.34. The van der Waals surface area contributed by atoms with E-state index in [-0.39, 0.29) is 37.5 Å². The van der Waals surface area contributed by atoms with Crippen LogP contribution in [0.25, 0.3) is 11.6 Å².